The molecule has 0 atom stereocenters. The van der Waals surface area contributed by atoms with Gasteiger partial charge in [-0.1, -0.05) is 28.1 Å². The zero-order valence-electron chi connectivity index (χ0n) is 4.45. The van der Waals surface area contributed by atoms with Crippen LogP contribution in [0.15, 0.2) is 23.2 Å². The molecule has 0 bridgehead atoms. The van der Waals surface area contributed by atoms with Gasteiger partial charge in [0.1, 0.15) is 0 Å². The van der Waals surface area contributed by atoms with Gasteiger partial charge in [0.25, 0.3) is 0 Å². The lowest BCUT2D eigenvalue weighted by Gasteiger charge is -1.79. The molecule has 0 unspecified atom stereocenters. The van der Waals surface area contributed by atoms with Crippen molar-refractivity contribution in [3.05, 3.63) is 23.2 Å². The highest BCUT2D eigenvalue weighted by Crippen LogP contribution is 2.02. The van der Waals surface area contributed by atoms with Gasteiger partial charge >= 0.3 is 0 Å². The van der Waals surface area contributed by atoms with E-state index in [9.17, 15) is 0 Å². The maximum atomic E-state index is 3.57. The van der Waals surface area contributed by atoms with Crippen molar-refractivity contribution in [2.24, 2.45) is 0 Å². The van der Waals surface area contributed by atoms with Gasteiger partial charge in [0.15, 0.2) is 0 Å². The number of rotatable bonds is 2. The fourth-order valence-corrected chi connectivity index (χ4v) is 0.433. The molecule has 0 N–H and O–H groups in total. The van der Waals surface area contributed by atoms with Crippen LogP contribution in [0.25, 0.3) is 0 Å². The van der Waals surface area contributed by atoms with Crippen molar-refractivity contribution >= 4 is 15.9 Å². The Morgan fingerprint density at radius 1 is 1.86 bits per heavy atom. The summed E-state index contributed by atoms with van der Waals surface area (Å²) in [5.41, 5.74) is 0. The second-order valence-electron chi connectivity index (χ2n) is 1.32. The Balaban J connectivity index is 3.25. The lowest BCUT2D eigenvalue weighted by molar-refractivity contribution is 1.38. The Morgan fingerprint density at radius 3 is 2.57 bits per heavy atom. The van der Waals surface area contributed by atoms with E-state index in [1.165, 1.54) is 4.48 Å². The topological polar surface area (TPSA) is 0 Å². The average molecular weight is 161 g/mol. The van der Waals surface area contributed by atoms with Crippen LogP contribution in [0.3, 0.4) is 0 Å². The first-order chi connectivity index (χ1) is 3.27. The van der Waals surface area contributed by atoms with E-state index in [2.05, 4.69) is 28.6 Å². The standard InChI is InChI=1S/C6H9Br/c1-3-4-5-6(2)7/h3,5H,1,4H2,2H3. The van der Waals surface area contributed by atoms with E-state index < -0.39 is 0 Å². The van der Waals surface area contributed by atoms with Crippen LogP contribution in [0.1, 0.15) is 13.3 Å². The fourth-order valence-electron chi connectivity index (χ4n) is 0.246. The minimum absolute atomic E-state index is 0.955. The summed E-state index contributed by atoms with van der Waals surface area (Å²) in [7, 11) is 0. The van der Waals surface area contributed by atoms with Crippen molar-refractivity contribution in [1.82, 2.24) is 0 Å². The Morgan fingerprint density at radius 2 is 2.43 bits per heavy atom. The molecule has 40 valence electrons. The largest absolute Gasteiger partial charge is 0.103 e. The zero-order valence-corrected chi connectivity index (χ0v) is 6.03. The van der Waals surface area contributed by atoms with Crippen molar-refractivity contribution in [2.45, 2.75) is 13.3 Å². The summed E-state index contributed by atoms with van der Waals surface area (Å²) in [5.74, 6) is 0. The molecule has 1 heteroatoms. The summed E-state index contributed by atoms with van der Waals surface area (Å²) >= 11 is 3.29. The third-order valence-electron chi connectivity index (χ3n) is 0.566. The summed E-state index contributed by atoms with van der Waals surface area (Å²) in [6.07, 6.45) is 4.88. The molecule has 0 aliphatic carbocycles. The lowest BCUT2D eigenvalue weighted by atomic mass is 10.4. The summed E-state index contributed by atoms with van der Waals surface area (Å²) in [6, 6.07) is 0. The molecule has 7 heavy (non-hydrogen) atoms. The van der Waals surface area contributed by atoms with Crippen LogP contribution in [-0.4, -0.2) is 0 Å². The normalized spacial score (nSPS) is 11.4. The molecule has 0 nitrogen and oxygen atoms in total. The van der Waals surface area contributed by atoms with Crippen LogP contribution >= 0.6 is 15.9 Å². The number of halogens is 1. The van der Waals surface area contributed by atoms with Crippen molar-refractivity contribution in [3.63, 3.8) is 0 Å². The monoisotopic (exact) mass is 160 g/mol. The van der Waals surface area contributed by atoms with E-state index in [4.69, 9.17) is 0 Å². The molecule has 0 aromatic rings. The first kappa shape index (κ1) is 6.96. The molecular weight excluding hydrogens is 152 g/mol. The van der Waals surface area contributed by atoms with Gasteiger partial charge in [-0.15, -0.1) is 6.58 Å². The van der Waals surface area contributed by atoms with Crippen LogP contribution in [0.2, 0.25) is 0 Å². The Bertz CT molecular complexity index is 78.2. The maximum Gasteiger partial charge on any atom is -0.0117 e. The van der Waals surface area contributed by atoms with Crippen molar-refractivity contribution in [1.29, 1.82) is 0 Å². The number of hydrogen-bond donors (Lipinski definition) is 0. The maximum absolute atomic E-state index is 3.57. The van der Waals surface area contributed by atoms with E-state index in [1.807, 2.05) is 13.0 Å². The van der Waals surface area contributed by atoms with Gasteiger partial charge in [-0.3, -0.25) is 0 Å². The summed E-state index contributed by atoms with van der Waals surface area (Å²) < 4.78 is 1.17. The van der Waals surface area contributed by atoms with E-state index in [1.54, 1.807) is 0 Å². The summed E-state index contributed by atoms with van der Waals surface area (Å²) in [5, 5.41) is 0. The predicted molar refractivity (Wildman–Crippen MR) is 37.5 cm³/mol. The van der Waals surface area contributed by atoms with E-state index in [-0.39, 0.29) is 0 Å². The molecule has 0 aliphatic rings. The molecule has 0 aromatic carbocycles. The van der Waals surface area contributed by atoms with Gasteiger partial charge in [0.2, 0.25) is 0 Å². The molecule has 0 rings (SSSR count). The highest BCUT2D eigenvalue weighted by molar-refractivity contribution is 9.11. The predicted octanol–water partition coefficient (Wildman–Crippen LogP) is 2.86. The second-order valence-corrected chi connectivity index (χ2v) is 2.57. The van der Waals surface area contributed by atoms with Gasteiger partial charge in [-0.05, 0) is 17.8 Å². The first-order valence-electron chi connectivity index (χ1n) is 2.20. The fraction of sp³-hybridized carbons (Fsp3) is 0.333. The molecule has 0 amide bonds. The molecular formula is C6H9Br. The van der Waals surface area contributed by atoms with Gasteiger partial charge in [0, 0.05) is 0 Å². The van der Waals surface area contributed by atoms with Crippen LogP contribution < -0.4 is 0 Å². The Kier molecular flexibility index (Phi) is 4.10. The van der Waals surface area contributed by atoms with E-state index in [0.717, 1.165) is 6.42 Å². The van der Waals surface area contributed by atoms with E-state index >= 15 is 0 Å². The second kappa shape index (κ2) is 4.13. The smallest absolute Gasteiger partial charge is 0.0117 e. The van der Waals surface area contributed by atoms with Crippen molar-refractivity contribution in [3.8, 4) is 0 Å². The minimum Gasteiger partial charge on any atom is -0.103 e. The summed E-state index contributed by atoms with van der Waals surface area (Å²) in [4.78, 5) is 0. The van der Waals surface area contributed by atoms with Crippen molar-refractivity contribution < 1.29 is 0 Å². The number of allylic oxidation sites excluding steroid dienone is 3. The Labute approximate surface area is 53.1 Å². The van der Waals surface area contributed by atoms with Crippen molar-refractivity contribution in [2.75, 3.05) is 0 Å². The zero-order chi connectivity index (χ0) is 5.70. The minimum atomic E-state index is 0.955. The molecule has 0 spiro atoms. The third-order valence-corrected chi connectivity index (χ3v) is 0.890. The van der Waals surface area contributed by atoms with Crippen LogP contribution in [0.4, 0.5) is 0 Å². The number of hydrogen-bond acceptors (Lipinski definition) is 0. The van der Waals surface area contributed by atoms with Crippen LogP contribution in [0, 0.1) is 0 Å². The highest BCUT2D eigenvalue weighted by Gasteiger charge is 1.72. The summed E-state index contributed by atoms with van der Waals surface area (Å²) in [6.45, 7) is 5.57. The SMILES string of the molecule is C=CCC=C(C)Br. The third kappa shape index (κ3) is 5.96. The molecule has 0 fully saturated rings. The molecule has 0 heterocycles. The lowest BCUT2D eigenvalue weighted by Crippen LogP contribution is -1.56. The molecule has 0 aliphatic heterocycles. The van der Waals surface area contributed by atoms with Gasteiger partial charge < -0.3 is 0 Å². The van der Waals surface area contributed by atoms with Gasteiger partial charge in [0.05, 0.1) is 0 Å². The molecule has 0 aromatic heterocycles. The van der Waals surface area contributed by atoms with E-state index in [0.29, 0.717) is 0 Å². The first-order valence-corrected chi connectivity index (χ1v) is 3.00. The van der Waals surface area contributed by atoms with Gasteiger partial charge in [-0.2, -0.15) is 0 Å². The quantitative estimate of drug-likeness (QED) is 0.546. The molecule has 0 saturated heterocycles. The van der Waals surface area contributed by atoms with Crippen LogP contribution in [-0.2, 0) is 0 Å². The van der Waals surface area contributed by atoms with Crippen LogP contribution in [0.5, 0.6) is 0 Å². The van der Waals surface area contributed by atoms with Gasteiger partial charge in [-0.25, -0.2) is 0 Å². The highest BCUT2D eigenvalue weighted by atomic mass is 79.9. The Hall–Kier alpha value is -0.0400. The molecule has 0 saturated carbocycles. The average Bonchev–Trinajstić information content (AvgIpc) is 1.61. The molecule has 0 radical (unpaired) electrons.